The van der Waals surface area contributed by atoms with Crippen molar-refractivity contribution in [2.45, 2.75) is 0 Å². The Balaban J connectivity index is 1.81. The van der Waals surface area contributed by atoms with Crippen LogP contribution in [0.2, 0.25) is 40.2 Å². The number of halogens is 8. The van der Waals surface area contributed by atoms with Gasteiger partial charge in [0.25, 0.3) is 0 Å². The fourth-order valence-corrected chi connectivity index (χ4v) is 8.10. The first-order valence-electron chi connectivity index (χ1n) is 10.7. The van der Waals surface area contributed by atoms with Crippen LogP contribution in [0.1, 0.15) is 0 Å². The SMILES string of the molecule is O=P(Oc1ccc(Cl)cc1Cl)(Oc1ccc(Cl)cc1Cl)OP(=O)(Oc1ccc(Cl)cc1Cl)Oc1ccc(Cl)cc1Cl. The molecule has 4 aromatic carbocycles. The van der Waals surface area contributed by atoms with E-state index in [9.17, 15) is 9.13 Å². The van der Waals surface area contributed by atoms with Gasteiger partial charge in [-0.05, 0) is 72.8 Å². The smallest absolute Gasteiger partial charge is 0.393 e. The van der Waals surface area contributed by atoms with Gasteiger partial charge in [0, 0.05) is 20.1 Å². The molecule has 0 amide bonds. The van der Waals surface area contributed by atoms with E-state index in [0.29, 0.717) is 0 Å². The minimum atomic E-state index is -5.10. The zero-order valence-corrected chi connectivity index (χ0v) is 27.5. The molecule has 0 bridgehead atoms. The van der Waals surface area contributed by atoms with E-state index >= 15 is 0 Å². The highest BCUT2D eigenvalue weighted by atomic mass is 35.5. The molecule has 4 aromatic rings. The van der Waals surface area contributed by atoms with Gasteiger partial charge >= 0.3 is 15.6 Å². The van der Waals surface area contributed by atoms with Gasteiger partial charge in [-0.25, -0.2) is 9.13 Å². The van der Waals surface area contributed by atoms with Crippen LogP contribution in [0.4, 0.5) is 0 Å². The van der Waals surface area contributed by atoms with Crippen LogP contribution in [0.25, 0.3) is 0 Å². The summed E-state index contributed by atoms with van der Waals surface area (Å²) in [5.74, 6) is -0.926. The maximum Gasteiger partial charge on any atom is 0.598 e. The third-order valence-electron chi connectivity index (χ3n) is 4.62. The minimum Gasteiger partial charge on any atom is -0.393 e. The van der Waals surface area contributed by atoms with Crippen molar-refractivity contribution >= 4 is 108 Å². The molecule has 0 aliphatic carbocycles. The van der Waals surface area contributed by atoms with Crippen molar-refractivity contribution in [2.24, 2.45) is 0 Å². The molecule has 0 aliphatic rings. The average molecular weight is 758 g/mol. The van der Waals surface area contributed by atoms with E-state index in [4.69, 9.17) is 115 Å². The molecule has 17 heteroatoms. The molecule has 41 heavy (non-hydrogen) atoms. The van der Waals surface area contributed by atoms with Crippen LogP contribution in [0.15, 0.2) is 72.8 Å². The van der Waals surface area contributed by atoms with Crippen LogP contribution >= 0.6 is 108 Å². The topological polar surface area (TPSA) is 80.3 Å². The summed E-state index contributed by atoms with van der Waals surface area (Å²) in [4.78, 5) is 0. The van der Waals surface area contributed by atoms with Gasteiger partial charge in [-0.2, -0.15) is 0 Å². The Kier molecular flexibility index (Phi) is 10.9. The van der Waals surface area contributed by atoms with Crippen molar-refractivity contribution in [1.29, 1.82) is 0 Å². The molecule has 0 N–H and O–H groups in total. The van der Waals surface area contributed by atoms with Crippen LogP contribution in [0.3, 0.4) is 0 Å². The Morgan fingerprint density at radius 3 is 0.805 bits per heavy atom. The van der Waals surface area contributed by atoms with Gasteiger partial charge in [0.15, 0.2) is 23.0 Å². The Morgan fingerprint density at radius 2 is 0.610 bits per heavy atom. The maximum atomic E-state index is 14.2. The maximum absolute atomic E-state index is 14.2. The van der Waals surface area contributed by atoms with Crippen LogP contribution in [0.5, 0.6) is 23.0 Å². The lowest BCUT2D eigenvalue weighted by atomic mass is 10.3. The molecule has 7 nitrogen and oxygen atoms in total. The van der Waals surface area contributed by atoms with Crippen molar-refractivity contribution in [2.75, 3.05) is 0 Å². The summed E-state index contributed by atoms with van der Waals surface area (Å²) in [5.41, 5.74) is 0. The molecule has 0 aliphatic heterocycles. The van der Waals surface area contributed by atoms with Crippen LogP contribution < -0.4 is 18.1 Å². The molecule has 0 unspecified atom stereocenters. The first-order chi connectivity index (χ1) is 19.2. The minimum absolute atomic E-state index is 0.0923. The van der Waals surface area contributed by atoms with Gasteiger partial charge in [0.1, 0.15) is 0 Å². The van der Waals surface area contributed by atoms with E-state index in [1.165, 1.54) is 72.8 Å². The van der Waals surface area contributed by atoms with Gasteiger partial charge in [-0.3, -0.25) is 0 Å². The molecule has 0 radical (unpaired) electrons. The van der Waals surface area contributed by atoms with Gasteiger partial charge in [0.2, 0.25) is 0 Å². The average Bonchev–Trinajstić information content (AvgIpc) is 2.86. The van der Waals surface area contributed by atoms with E-state index in [2.05, 4.69) is 0 Å². The molecule has 216 valence electrons. The van der Waals surface area contributed by atoms with E-state index < -0.39 is 15.6 Å². The standard InChI is InChI=1S/C24H12Cl8O7P2/c25-13-1-5-21(17(29)9-13)35-40(33,36-22-6-2-14(26)10-18(22)30)39-41(34,37-23-7-3-15(27)11-19(23)31)38-24-8-4-16(28)12-20(24)32/h1-12H. The second kappa shape index (κ2) is 13.6. The number of hydrogen-bond donors (Lipinski definition) is 0. The van der Waals surface area contributed by atoms with Crippen LogP contribution in [0, 0.1) is 0 Å². The van der Waals surface area contributed by atoms with Crippen molar-refractivity contribution < 1.29 is 31.5 Å². The molecule has 0 saturated carbocycles. The molecule has 0 atom stereocenters. The van der Waals surface area contributed by atoms with Crippen LogP contribution in [-0.4, -0.2) is 0 Å². The zero-order chi connectivity index (χ0) is 29.9. The summed E-state index contributed by atoms with van der Waals surface area (Å²) in [6.07, 6.45) is 0. The quantitative estimate of drug-likeness (QED) is 0.149. The number of phosphoric acid groups is 2. The van der Waals surface area contributed by atoms with Gasteiger partial charge in [-0.1, -0.05) is 92.8 Å². The van der Waals surface area contributed by atoms with E-state index in [1.54, 1.807) is 0 Å². The molecule has 0 aromatic heterocycles. The molecule has 4 rings (SSSR count). The Hall–Kier alpha value is -1.18. The molecular weight excluding hydrogens is 746 g/mol. The Labute approximate surface area is 274 Å². The number of phosphoric ester groups is 2. The number of benzene rings is 4. The lowest BCUT2D eigenvalue weighted by Crippen LogP contribution is -2.11. The summed E-state index contributed by atoms with van der Waals surface area (Å²) in [6, 6.07) is 15.8. The van der Waals surface area contributed by atoms with Gasteiger partial charge < -0.3 is 18.1 Å². The highest BCUT2D eigenvalue weighted by molar-refractivity contribution is 7.63. The molecule has 0 heterocycles. The fourth-order valence-electron chi connectivity index (χ4n) is 2.91. The van der Waals surface area contributed by atoms with Gasteiger partial charge in [0.05, 0.1) is 20.1 Å². The third-order valence-corrected chi connectivity index (χ3v) is 10.0. The highest BCUT2D eigenvalue weighted by Crippen LogP contribution is 2.66. The molecule has 0 fully saturated rings. The number of rotatable bonds is 10. The monoisotopic (exact) mass is 754 g/mol. The van der Waals surface area contributed by atoms with Crippen molar-refractivity contribution in [3.8, 4) is 23.0 Å². The Bertz CT molecular complexity index is 1470. The Morgan fingerprint density at radius 1 is 0.390 bits per heavy atom. The van der Waals surface area contributed by atoms with E-state index in [0.717, 1.165) is 0 Å². The summed E-state index contributed by atoms with van der Waals surface area (Å²) in [5, 5.41) is 0.601. The molecule has 0 spiro atoms. The van der Waals surface area contributed by atoms with Gasteiger partial charge in [-0.15, -0.1) is 4.31 Å². The summed E-state index contributed by atoms with van der Waals surface area (Å²) < 4.78 is 56.0. The van der Waals surface area contributed by atoms with E-state index in [-0.39, 0.29) is 63.2 Å². The highest BCUT2D eigenvalue weighted by Gasteiger charge is 2.47. The molecular formula is C24H12Cl8O7P2. The second-order valence-electron chi connectivity index (χ2n) is 7.64. The normalized spacial score (nSPS) is 11.7. The largest absolute Gasteiger partial charge is 0.598 e. The summed E-state index contributed by atoms with van der Waals surface area (Å²) in [7, 11) is -10.2. The summed E-state index contributed by atoms with van der Waals surface area (Å²) >= 11 is 48.7. The predicted molar refractivity (Wildman–Crippen MR) is 165 cm³/mol. The third kappa shape index (κ3) is 8.92. The summed E-state index contributed by atoms with van der Waals surface area (Å²) in [6.45, 7) is 0. The predicted octanol–water partition coefficient (Wildman–Crippen LogP) is 12.8. The first-order valence-corrected chi connectivity index (χ1v) is 16.7. The van der Waals surface area contributed by atoms with Crippen molar-refractivity contribution in [3.63, 3.8) is 0 Å². The van der Waals surface area contributed by atoms with Crippen LogP contribution in [-0.2, 0) is 13.4 Å². The number of hydrogen-bond acceptors (Lipinski definition) is 7. The second-order valence-corrected chi connectivity index (χ2v) is 14.2. The lowest BCUT2D eigenvalue weighted by molar-refractivity contribution is 0.243. The fraction of sp³-hybridized carbons (Fsp3) is 0. The molecule has 0 saturated heterocycles. The van der Waals surface area contributed by atoms with E-state index in [1.807, 2.05) is 0 Å². The van der Waals surface area contributed by atoms with Crippen molar-refractivity contribution in [1.82, 2.24) is 0 Å². The van der Waals surface area contributed by atoms with Crippen molar-refractivity contribution in [3.05, 3.63) is 113 Å². The lowest BCUT2D eigenvalue weighted by Gasteiger charge is -2.25. The zero-order valence-electron chi connectivity index (χ0n) is 19.7. The first kappa shape index (κ1) is 32.7.